The van der Waals surface area contributed by atoms with Gasteiger partial charge >= 0.3 is 6.03 Å². The van der Waals surface area contributed by atoms with Crippen LogP contribution in [0.15, 0.2) is 30.2 Å². The normalized spacial score (nSPS) is 17.2. The summed E-state index contributed by atoms with van der Waals surface area (Å²) in [6, 6.07) is 3.80. The third-order valence-corrected chi connectivity index (χ3v) is 5.04. The van der Waals surface area contributed by atoms with E-state index in [1.54, 1.807) is 23.0 Å². The van der Waals surface area contributed by atoms with Gasteiger partial charge in [-0.05, 0) is 43.5 Å². The van der Waals surface area contributed by atoms with Gasteiger partial charge < -0.3 is 15.5 Å². The molecule has 2 fully saturated rings. The number of anilines is 2. The van der Waals surface area contributed by atoms with Gasteiger partial charge in [-0.3, -0.25) is 15.1 Å². The molecule has 11 heteroatoms. The van der Waals surface area contributed by atoms with Gasteiger partial charge in [0.1, 0.15) is 5.70 Å². The van der Waals surface area contributed by atoms with Crippen LogP contribution in [0, 0.1) is 6.92 Å². The lowest BCUT2D eigenvalue weighted by molar-refractivity contribution is -0.115. The highest BCUT2D eigenvalue weighted by atomic mass is 16.2. The first-order valence-corrected chi connectivity index (χ1v) is 9.95. The molecule has 0 aromatic carbocycles. The third-order valence-electron chi connectivity index (χ3n) is 5.04. The van der Waals surface area contributed by atoms with Crippen molar-refractivity contribution in [3.8, 4) is 0 Å². The number of imide groups is 1. The number of pyridine rings is 1. The number of nitrogens with one attached hydrogen (secondary N) is 3. The van der Waals surface area contributed by atoms with Gasteiger partial charge in [-0.2, -0.15) is 19.6 Å². The highest BCUT2D eigenvalue weighted by molar-refractivity contribution is 6.14. The van der Waals surface area contributed by atoms with Crippen LogP contribution < -0.4 is 20.9 Å². The summed E-state index contributed by atoms with van der Waals surface area (Å²) in [6.45, 7) is 2.55. The minimum Gasteiger partial charge on any atom is -0.351 e. The summed E-state index contributed by atoms with van der Waals surface area (Å²) in [6.07, 6.45) is 7.11. The second-order valence-corrected chi connectivity index (χ2v) is 7.73. The van der Waals surface area contributed by atoms with Crippen molar-refractivity contribution in [2.45, 2.75) is 32.4 Å². The molecule has 0 spiro atoms. The number of fused-ring (bicyclic) bond motifs is 1. The number of nitrogens with zero attached hydrogens (tertiary/aromatic N) is 6. The predicted octanol–water partition coefficient (Wildman–Crippen LogP) is 1.22. The Bertz CT molecular complexity index is 1230. The Morgan fingerprint density at radius 1 is 1.29 bits per heavy atom. The zero-order valence-electron chi connectivity index (χ0n) is 17.1. The molecule has 0 unspecified atom stereocenters. The lowest BCUT2D eigenvalue weighted by Crippen LogP contribution is -2.22. The maximum Gasteiger partial charge on any atom is 0.326 e. The first-order valence-electron chi connectivity index (χ1n) is 9.95. The quantitative estimate of drug-likeness (QED) is 0.402. The maximum atomic E-state index is 11.9. The number of rotatable bonds is 6. The van der Waals surface area contributed by atoms with Crippen LogP contribution in [0.4, 0.5) is 16.7 Å². The average molecular weight is 419 g/mol. The molecule has 1 saturated carbocycles. The van der Waals surface area contributed by atoms with Crippen LogP contribution in [0.1, 0.15) is 29.7 Å². The van der Waals surface area contributed by atoms with E-state index in [1.165, 1.54) is 0 Å². The van der Waals surface area contributed by atoms with Crippen LogP contribution in [-0.2, 0) is 11.3 Å². The van der Waals surface area contributed by atoms with Crippen molar-refractivity contribution in [3.63, 3.8) is 0 Å². The number of carbonyl (C=O) groups excluding carboxylic acids is 2. The Morgan fingerprint density at radius 3 is 2.84 bits per heavy atom. The zero-order chi connectivity index (χ0) is 21.5. The summed E-state index contributed by atoms with van der Waals surface area (Å²) in [5.41, 5.74) is 3.32. The first kappa shape index (κ1) is 19.0. The molecule has 3 amide bonds. The van der Waals surface area contributed by atoms with E-state index in [9.17, 15) is 9.59 Å². The number of aryl methyl sites for hydroxylation is 1. The van der Waals surface area contributed by atoms with Crippen LogP contribution in [0.25, 0.3) is 11.7 Å². The fourth-order valence-electron chi connectivity index (χ4n) is 3.34. The van der Waals surface area contributed by atoms with E-state index < -0.39 is 11.9 Å². The summed E-state index contributed by atoms with van der Waals surface area (Å²) in [7, 11) is 1.92. The minimum atomic E-state index is -0.550. The Kier molecular flexibility index (Phi) is 4.50. The van der Waals surface area contributed by atoms with E-state index in [4.69, 9.17) is 9.97 Å². The SMILES string of the molecule is Cc1cc(CN(C)c2nc(NC3CC3)n3ncc(/C=C4\NC(=O)NC4=O)c3n2)ccn1. The lowest BCUT2D eigenvalue weighted by Gasteiger charge is -2.19. The molecule has 158 valence electrons. The molecule has 0 bridgehead atoms. The zero-order valence-corrected chi connectivity index (χ0v) is 17.1. The minimum absolute atomic E-state index is 0.150. The van der Waals surface area contributed by atoms with E-state index >= 15 is 0 Å². The first-order chi connectivity index (χ1) is 15.0. The number of amides is 3. The van der Waals surface area contributed by atoms with Crippen molar-refractivity contribution in [1.29, 1.82) is 0 Å². The number of carbonyl (C=O) groups is 2. The van der Waals surface area contributed by atoms with Crippen molar-refractivity contribution in [3.05, 3.63) is 47.0 Å². The summed E-state index contributed by atoms with van der Waals surface area (Å²) in [4.78, 5) is 38.9. The molecule has 0 atom stereocenters. The molecular weight excluding hydrogens is 398 g/mol. The van der Waals surface area contributed by atoms with E-state index in [-0.39, 0.29) is 5.70 Å². The van der Waals surface area contributed by atoms with Gasteiger partial charge in [0.05, 0.1) is 6.20 Å². The van der Waals surface area contributed by atoms with Crippen LogP contribution in [0.3, 0.4) is 0 Å². The van der Waals surface area contributed by atoms with Crippen molar-refractivity contribution in [2.24, 2.45) is 0 Å². The summed E-state index contributed by atoms with van der Waals surface area (Å²) < 4.78 is 1.62. The standard InChI is InChI=1S/C20H21N9O2/c1-11-7-12(5-6-21-11)10-28(2)18-25-16-13(8-15-17(30)26-20(31)24-15)9-22-29(16)19(27-18)23-14-3-4-14/h5-9,14H,3-4,10H2,1-2H3,(H,23,25,27)(H2,24,26,30,31)/b15-8-. The number of hydrogen-bond donors (Lipinski definition) is 3. The van der Waals surface area contributed by atoms with Crippen molar-refractivity contribution < 1.29 is 9.59 Å². The fourth-order valence-corrected chi connectivity index (χ4v) is 3.34. The molecular formula is C20H21N9O2. The number of aromatic nitrogens is 5. The number of urea groups is 1. The van der Waals surface area contributed by atoms with Gasteiger partial charge in [-0.1, -0.05) is 0 Å². The van der Waals surface area contributed by atoms with E-state index in [2.05, 4.69) is 26.0 Å². The van der Waals surface area contributed by atoms with Gasteiger partial charge in [0.15, 0.2) is 5.65 Å². The second kappa shape index (κ2) is 7.35. The van der Waals surface area contributed by atoms with Crippen LogP contribution in [0.2, 0.25) is 0 Å². The Hall–Kier alpha value is -4.02. The summed E-state index contributed by atoms with van der Waals surface area (Å²) in [5, 5.41) is 12.5. The molecule has 1 aliphatic carbocycles. The van der Waals surface area contributed by atoms with E-state index in [0.29, 0.717) is 35.7 Å². The molecule has 2 aliphatic rings. The topological polar surface area (TPSA) is 129 Å². The van der Waals surface area contributed by atoms with Crippen LogP contribution >= 0.6 is 0 Å². The van der Waals surface area contributed by atoms with Gasteiger partial charge in [-0.15, -0.1) is 0 Å². The smallest absolute Gasteiger partial charge is 0.326 e. The lowest BCUT2D eigenvalue weighted by atomic mass is 10.2. The van der Waals surface area contributed by atoms with Gasteiger partial charge in [0, 0.05) is 37.1 Å². The van der Waals surface area contributed by atoms with E-state index in [1.807, 2.05) is 31.0 Å². The Labute approximate surface area is 177 Å². The van der Waals surface area contributed by atoms with Gasteiger partial charge in [0.2, 0.25) is 11.9 Å². The highest BCUT2D eigenvalue weighted by Gasteiger charge is 2.26. The monoisotopic (exact) mass is 419 g/mol. The molecule has 3 aromatic rings. The predicted molar refractivity (Wildman–Crippen MR) is 113 cm³/mol. The Balaban J connectivity index is 1.54. The fraction of sp³-hybridized carbons (Fsp3) is 0.300. The van der Waals surface area contributed by atoms with Crippen molar-refractivity contribution in [1.82, 2.24) is 35.2 Å². The summed E-state index contributed by atoms with van der Waals surface area (Å²) in [5.74, 6) is 0.620. The molecule has 1 aliphatic heterocycles. The molecule has 3 aromatic heterocycles. The summed E-state index contributed by atoms with van der Waals surface area (Å²) >= 11 is 0. The average Bonchev–Trinajstić information content (AvgIpc) is 3.36. The van der Waals surface area contributed by atoms with Gasteiger partial charge in [-0.25, -0.2) is 4.79 Å². The van der Waals surface area contributed by atoms with Crippen molar-refractivity contribution >= 4 is 35.6 Å². The second-order valence-electron chi connectivity index (χ2n) is 7.73. The van der Waals surface area contributed by atoms with Gasteiger partial charge in [0.25, 0.3) is 5.91 Å². The molecule has 1 saturated heterocycles. The molecule has 11 nitrogen and oxygen atoms in total. The molecule has 4 heterocycles. The largest absolute Gasteiger partial charge is 0.351 e. The highest BCUT2D eigenvalue weighted by Crippen LogP contribution is 2.26. The Morgan fingerprint density at radius 2 is 2.13 bits per heavy atom. The van der Waals surface area contributed by atoms with Crippen LogP contribution in [0.5, 0.6) is 0 Å². The number of hydrogen-bond acceptors (Lipinski definition) is 8. The molecule has 31 heavy (non-hydrogen) atoms. The molecule has 3 N–H and O–H groups in total. The third kappa shape index (κ3) is 3.89. The maximum absolute atomic E-state index is 11.9. The van der Waals surface area contributed by atoms with Crippen molar-refractivity contribution in [2.75, 3.05) is 17.3 Å². The van der Waals surface area contributed by atoms with Crippen LogP contribution in [-0.4, -0.2) is 49.6 Å². The molecule has 5 rings (SSSR count). The van der Waals surface area contributed by atoms with E-state index in [0.717, 1.165) is 24.1 Å². The molecule has 0 radical (unpaired) electrons.